The molecule has 0 spiro atoms. The van der Waals surface area contributed by atoms with E-state index in [2.05, 4.69) is 51.7 Å². The lowest BCUT2D eigenvalue weighted by Gasteiger charge is -2.18. The Kier molecular flexibility index (Phi) is 4.82. The van der Waals surface area contributed by atoms with E-state index >= 15 is 0 Å². The Hall–Kier alpha value is -0.850. The molecule has 1 nitrogen and oxygen atoms in total. The molecule has 0 aromatic carbocycles. The monoisotopic (exact) mass is 193 g/mol. The highest BCUT2D eigenvalue weighted by Crippen LogP contribution is 2.20. The van der Waals surface area contributed by atoms with E-state index in [0.717, 1.165) is 5.69 Å². The zero-order chi connectivity index (χ0) is 11.4. The van der Waals surface area contributed by atoms with Crippen LogP contribution in [0.2, 0.25) is 0 Å². The second-order valence-electron chi connectivity index (χ2n) is 4.35. The number of aromatic nitrogens is 1. The topological polar surface area (TPSA) is 12.9 Å². The molecule has 0 aliphatic rings. The predicted octanol–water partition coefficient (Wildman–Crippen LogP) is 4.02. The van der Waals surface area contributed by atoms with Crippen LogP contribution >= 0.6 is 0 Å². The van der Waals surface area contributed by atoms with E-state index in [1.165, 1.54) is 11.3 Å². The van der Waals surface area contributed by atoms with Gasteiger partial charge in [0, 0.05) is 16.8 Å². The zero-order valence-electron chi connectivity index (χ0n) is 10.6. The minimum absolute atomic E-state index is 0.165. The molecule has 0 fully saturated rings. The van der Waals surface area contributed by atoms with E-state index in [9.17, 15) is 0 Å². The summed E-state index contributed by atoms with van der Waals surface area (Å²) in [6, 6.07) is 4.26. The van der Waals surface area contributed by atoms with Gasteiger partial charge >= 0.3 is 0 Å². The standard InChI is InChI=1S/C11H17N.C2H6/c1-8-6-7-10(11(3,4)5)12-9(8)2;1-2/h6-7H,1-5H3;1-2H3. The summed E-state index contributed by atoms with van der Waals surface area (Å²) in [6.45, 7) is 14.7. The first-order valence-corrected chi connectivity index (χ1v) is 5.36. The number of aryl methyl sites for hydroxylation is 2. The molecule has 0 aliphatic heterocycles. The van der Waals surface area contributed by atoms with Gasteiger partial charge in [-0.05, 0) is 25.5 Å². The molecule has 1 aromatic rings. The number of pyridine rings is 1. The third-order valence-corrected chi connectivity index (χ3v) is 2.12. The zero-order valence-corrected chi connectivity index (χ0v) is 10.6. The predicted molar refractivity (Wildman–Crippen MR) is 63.8 cm³/mol. The Bertz CT molecular complexity index is 282. The maximum Gasteiger partial charge on any atom is 0.0460 e. The lowest BCUT2D eigenvalue weighted by atomic mass is 9.91. The molecule has 0 saturated heterocycles. The fourth-order valence-electron chi connectivity index (χ4n) is 1.05. The molecule has 0 atom stereocenters. The van der Waals surface area contributed by atoms with Crippen LogP contribution in [-0.4, -0.2) is 4.98 Å². The first kappa shape index (κ1) is 13.2. The summed E-state index contributed by atoms with van der Waals surface area (Å²) in [7, 11) is 0. The second-order valence-corrected chi connectivity index (χ2v) is 4.35. The van der Waals surface area contributed by atoms with E-state index in [0.29, 0.717) is 0 Å². The van der Waals surface area contributed by atoms with Crippen LogP contribution in [-0.2, 0) is 5.41 Å². The Morgan fingerprint density at radius 1 is 1.00 bits per heavy atom. The maximum atomic E-state index is 4.54. The van der Waals surface area contributed by atoms with Crippen molar-refractivity contribution in [3.05, 3.63) is 29.1 Å². The summed E-state index contributed by atoms with van der Waals surface area (Å²) in [4.78, 5) is 4.54. The molecule has 1 heteroatoms. The van der Waals surface area contributed by atoms with Gasteiger partial charge < -0.3 is 0 Å². The molecule has 1 aromatic heterocycles. The molecule has 0 N–H and O–H groups in total. The van der Waals surface area contributed by atoms with Crippen LogP contribution in [0.3, 0.4) is 0 Å². The van der Waals surface area contributed by atoms with Crippen molar-refractivity contribution in [3.8, 4) is 0 Å². The van der Waals surface area contributed by atoms with Crippen LogP contribution in [0.5, 0.6) is 0 Å². The Labute approximate surface area is 88.6 Å². The molecular formula is C13H23N. The fourth-order valence-corrected chi connectivity index (χ4v) is 1.05. The van der Waals surface area contributed by atoms with Crippen LogP contribution in [0.1, 0.15) is 51.6 Å². The maximum absolute atomic E-state index is 4.54. The van der Waals surface area contributed by atoms with Crippen molar-refractivity contribution >= 4 is 0 Å². The summed E-state index contributed by atoms with van der Waals surface area (Å²) in [5, 5.41) is 0. The molecule has 80 valence electrons. The van der Waals surface area contributed by atoms with Crippen LogP contribution in [0.15, 0.2) is 12.1 Å². The molecule has 0 radical (unpaired) electrons. The molecule has 0 saturated carbocycles. The first-order valence-electron chi connectivity index (χ1n) is 5.36. The number of nitrogens with zero attached hydrogens (tertiary/aromatic N) is 1. The van der Waals surface area contributed by atoms with E-state index in [4.69, 9.17) is 0 Å². The van der Waals surface area contributed by atoms with Crippen molar-refractivity contribution in [2.75, 3.05) is 0 Å². The van der Waals surface area contributed by atoms with Crippen LogP contribution in [0, 0.1) is 13.8 Å². The van der Waals surface area contributed by atoms with Crippen molar-refractivity contribution < 1.29 is 0 Å². The fraction of sp³-hybridized carbons (Fsp3) is 0.615. The summed E-state index contributed by atoms with van der Waals surface area (Å²) < 4.78 is 0. The van der Waals surface area contributed by atoms with Gasteiger partial charge in [0.15, 0.2) is 0 Å². The van der Waals surface area contributed by atoms with Crippen LogP contribution in [0.25, 0.3) is 0 Å². The molecule has 0 unspecified atom stereocenters. The van der Waals surface area contributed by atoms with Gasteiger partial charge in [0.05, 0.1) is 0 Å². The van der Waals surface area contributed by atoms with Gasteiger partial charge in [0.1, 0.15) is 0 Å². The van der Waals surface area contributed by atoms with E-state index in [1.54, 1.807) is 0 Å². The Balaban J connectivity index is 0.000000791. The average Bonchev–Trinajstić information content (AvgIpc) is 2.11. The van der Waals surface area contributed by atoms with Gasteiger partial charge in [-0.15, -0.1) is 0 Å². The summed E-state index contributed by atoms with van der Waals surface area (Å²) in [6.07, 6.45) is 0. The minimum Gasteiger partial charge on any atom is -0.257 e. The summed E-state index contributed by atoms with van der Waals surface area (Å²) >= 11 is 0. The lowest BCUT2D eigenvalue weighted by Crippen LogP contribution is -2.14. The largest absolute Gasteiger partial charge is 0.257 e. The molecule has 1 rings (SSSR count). The molecule has 0 amide bonds. The van der Waals surface area contributed by atoms with Gasteiger partial charge in [-0.1, -0.05) is 40.7 Å². The van der Waals surface area contributed by atoms with E-state index in [-0.39, 0.29) is 5.41 Å². The van der Waals surface area contributed by atoms with Crippen LogP contribution < -0.4 is 0 Å². The van der Waals surface area contributed by atoms with E-state index in [1.807, 2.05) is 13.8 Å². The highest BCUT2D eigenvalue weighted by molar-refractivity contribution is 5.23. The molecule has 14 heavy (non-hydrogen) atoms. The van der Waals surface area contributed by atoms with E-state index < -0.39 is 0 Å². The number of hydrogen-bond acceptors (Lipinski definition) is 1. The van der Waals surface area contributed by atoms with Gasteiger partial charge in [0.25, 0.3) is 0 Å². The highest BCUT2D eigenvalue weighted by Gasteiger charge is 2.15. The van der Waals surface area contributed by atoms with Gasteiger partial charge in [0.2, 0.25) is 0 Å². The smallest absolute Gasteiger partial charge is 0.0460 e. The van der Waals surface area contributed by atoms with Crippen molar-refractivity contribution in [2.24, 2.45) is 0 Å². The minimum atomic E-state index is 0.165. The van der Waals surface area contributed by atoms with Crippen molar-refractivity contribution in [2.45, 2.75) is 53.9 Å². The van der Waals surface area contributed by atoms with Crippen LogP contribution in [0.4, 0.5) is 0 Å². The SMILES string of the molecule is CC.Cc1ccc(C(C)(C)C)nc1C. The first-order chi connectivity index (χ1) is 6.41. The average molecular weight is 193 g/mol. The molecular weight excluding hydrogens is 170 g/mol. The molecule has 1 heterocycles. The summed E-state index contributed by atoms with van der Waals surface area (Å²) in [5.74, 6) is 0. The number of hydrogen-bond donors (Lipinski definition) is 0. The normalized spacial score (nSPS) is 10.5. The highest BCUT2D eigenvalue weighted by atomic mass is 14.7. The molecule has 0 aliphatic carbocycles. The Morgan fingerprint density at radius 2 is 1.50 bits per heavy atom. The Morgan fingerprint density at radius 3 is 1.86 bits per heavy atom. The van der Waals surface area contributed by atoms with Crippen molar-refractivity contribution in [1.29, 1.82) is 0 Å². The van der Waals surface area contributed by atoms with Crippen molar-refractivity contribution in [1.82, 2.24) is 4.98 Å². The third-order valence-electron chi connectivity index (χ3n) is 2.12. The summed E-state index contributed by atoms with van der Waals surface area (Å²) in [5.41, 5.74) is 3.74. The third kappa shape index (κ3) is 3.49. The molecule has 0 bridgehead atoms. The lowest BCUT2D eigenvalue weighted by molar-refractivity contribution is 0.566. The van der Waals surface area contributed by atoms with Crippen molar-refractivity contribution in [3.63, 3.8) is 0 Å². The van der Waals surface area contributed by atoms with Gasteiger partial charge in [-0.3, -0.25) is 4.98 Å². The second kappa shape index (κ2) is 5.14. The van der Waals surface area contributed by atoms with Gasteiger partial charge in [-0.25, -0.2) is 0 Å². The number of rotatable bonds is 0. The quantitative estimate of drug-likeness (QED) is 0.606. The van der Waals surface area contributed by atoms with Gasteiger partial charge in [-0.2, -0.15) is 0 Å².